The van der Waals surface area contributed by atoms with E-state index in [0.29, 0.717) is 24.2 Å². The first-order valence-electron chi connectivity index (χ1n) is 31.3. The van der Waals surface area contributed by atoms with Crippen molar-refractivity contribution in [3.05, 3.63) is 56.5 Å². The molecule has 2 aliphatic heterocycles. The number of carbonyl (C=O) groups excluding carboxylic acids is 2. The molecule has 2 heterocycles. The number of carbonyl (C=O) groups is 2. The monoisotopic (exact) mass is 1120 g/mol. The molecule has 2 aromatic carbocycles. The van der Waals surface area contributed by atoms with Gasteiger partial charge in [-0.2, -0.15) is 0 Å². The minimum atomic E-state index is -0.0126. The van der Waals surface area contributed by atoms with Crippen LogP contribution in [0.2, 0.25) is 0 Å². The zero-order valence-electron chi connectivity index (χ0n) is 47.2. The van der Waals surface area contributed by atoms with E-state index < -0.39 is 0 Å². The molecule has 4 rings (SSSR count). The van der Waals surface area contributed by atoms with Gasteiger partial charge in [-0.25, -0.2) is 0 Å². The van der Waals surface area contributed by atoms with E-state index in [1.807, 2.05) is 21.9 Å². The van der Waals surface area contributed by atoms with E-state index in [9.17, 15) is 9.59 Å². The van der Waals surface area contributed by atoms with Gasteiger partial charge in [-0.05, 0) is 48.9 Å². The average molecular weight is 1120 g/mol. The van der Waals surface area contributed by atoms with Crippen molar-refractivity contribution in [2.45, 2.75) is 297 Å². The third-order valence-corrected chi connectivity index (χ3v) is 17.5. The van der Waals surface area contributed by atoms with Gasteiger partial charge >= 0.3 is 0 Å². The standard InChI is InChI=1S/C66H108Br2N2O2/c1-5-9-13-17-21-25-29-33-41-55(42-34-30-26-22-18-14-10-6-2)45-37-39-51-69-61-53-57(67)47-49-59(61)63(65(69)71)64-60-50-48-58(68)54-62(60)70(66(64)72)52-40-38-46-56(43-35-31-27-23-19-15-11-7-3)44-36-32-28-24-20-16-12-8-4/h47-50,53-56H,5-46,51-52H2,1-4H3/b64-63+. The van der Waals surface area contributed by atoms with Gasteiger partial charge < -0.3 is 9.80 Å². The Morgan fingerprint density at radius 3 is 0.833 bits per heavy atom. The second kappa shape index (κ2) is 39.5. The smallest absolute Gasteiger partial charge is 0.259 e. The number of benzene rings is 2. The second-order valence-electron chi connectivity index (χ2n) is 22.8. The fourth-order valence-corrected chi connectivity index (χ4v) is 12.8. The van der Waals surface area contributed by atoms with E-state index >= 15 is 0 Å². The lowest BCUT2D eigenvalue weighted by molar-refractivity contribution is -0.114. The Labute approximate surface area is 461 Å². The maximum absolute atomic E-state index is 14.9. The Hall–Kier alpha value is -1.92. The Bertz CT molecular complexity index is 1620. The van der Waals surface area contributed by atoms with Crippen LogP contribution in [-0.2, 0) is 9.59 Å². The van der Waals surface area contributed by atoms with E-state index in [4.69, 9.17) is 0 Å². The minimum absolute atomic E-state index is 0.0126. The van der Waals surface area contributed by atoms with Crippen LogP contribution in [0, 0.1) is 11.8 Å². The van der Waals surface area contributed by atoms with Crippen LogP contribution in [0.1, 0.15) is 308 Å². The molecular weight excluding hydrogens is 1010 g/mol. The van der Waals surface area contributed by atoms with Crippen LogP contribution in [-0.4, -0.2) is 24.9 Å². The first-order chi connectivity index (χ1) is 35.3. The molecule has 72 heavy (non-hydrogen) atoms. The third-order valence-electron chi connectivity index (χ3n) is 16.6. The first kappa shape index (κ1) is 62.6. The molecule has 6 heteroatoms. The van der Waals surface area contributed by atoms with E-state index in [-0.39, 0.29) is 11.8 Å². The van der Waals surface area contributed by atoms with E-state index in [1.54, 1.807) is 0 Å². The van der Waals surface area contributed by atoms with E-state index in [1.165, 1.54) is 244 Å². The molecule has 0 saturated carbocycles. The average Bonchev–Trinajstić information content (AvgIpc) is 3.79. The lowest BCUT2D eigenvalue weighted by Gasteiger charge is -2.20. The largest absolute Gasteiger partial charge is 0.308 e. The van der Waals surface area contributed by atoms with Crippen LogP contribution in [0.4, 0.5) is 11.4 Å². The van der Waals surface area contributed by atoms with Crippen LogP contribution >= 0.6 is 31.9 Å². The summed E-state index contributed by atoms with van der Waals surface area (Å²) in [5.41, 5.74) is 4.85. The molecule has 2 aliphatic rings. The molecule has 0 atom stereocenters. The summed E-state index contributed by atoms with van der Waals surface area (Å²) < 4.78 is 1.93. The Morgan fingerprint density at radius 2 is 0.569 bits per heavy atom. The van der Waals surface area contributed by atoms with Crippen LogP contribution in [0.3, 0.4) is 0 Å². The maximum atomic E-state index is 14.9. The molecule has 0 spiro atoms. The Kier molecular flexibility index (Phi) is 34.3. The number of halogens is 2. The summed E-state index contributed by atoms with van der Waals surface area (Å²) in [6, 6.07) is 12.4. The fraction of sp³-hybridized carbons (Fsp3) is 0.758. The predicted octanol–water partition coefficient (Wildman–Crippen LogP) is 22.5. The molecule has 0 saturated heterocycles. The van der Waals surface area contributed by atoms with Gasteiger partial charge in [-0.15, -0.1) is 0 Å². The van der Waals surface area contributed by atoms with Crippen molar-refractivity contribution in [2.75, 3.05) is 22.9 Å². The van der Waals surface area contributed by atoms with Crippen molar-refractivity contribution in [3.8, 4) is 0 Å². The lowest BCUT2D eigenvalue weighted by Crippen LogP contribution is -2.30. The van der Waals surface area contributed by atoms with Gasteiger partial charge in [0.25, 0.3) is 11.8 Å². The summed E-state index contributed by atoms with van der Waals surface area (Å²) in [7, 11) is 0. The van der Waals surface area contributed by atoms with E-state index in [0.717, 1.165) is 69.0 Å². The molecule has 0 aliphatic carbocycles. The molecule has 2 amide bonds. The van der Waals surface area contributed by atoms with Crippen molar-refractivity contribution in [1.29, 1.82) is 0 Å². The highest BCUT2D eigenvalue weighted by molar-refractivity contribution is 9.10. The van der Waals surface area contributed by atoms with Gasteiger partial charge in [0.2, 0.25) is 0 Å². The summed E-state index contributed by atoms with van der Waals surface area (Å²) in [4.78, 5) is 33.7. The number of hydrogen-bond acceptors (Lipinski definition) is 2. The molecule has 0 unspecified atom stereocenters. The number of nitrogens with zero attached hydrogens (tertiary/aromatic N) is 2. The molecule has 0 radical (unpaired) electrons. The van der Waals surface area contributed by atoms with Gasteiger partial charge in [-0.3, -0.25) is 9.59 Å². The van der Waals surface area contributed by atoms with Crippen LogP contribution in [0.25, 0.3) is 11.1 Å². The maximum Gasteiger partial charge on any atom is 0.259 e. The highest BCUT2D eigenvalue weighted by atomic mass is 79.9. The second-order valence-corrected chi connectivity index (χ2v) is 24.6. The van der Waals surface area contributed by atoms with Gasteiger partial charge in [0.15, 0.2) is 0 Å². The first-order valence-corrected chi connectivity index (χ1v) is 32.9. The molecule has 0 N–H and O–H groups in total. The van der Waals surface area contributed by atoms with Gasteiger partial charge in [-0.1, -0.05) is 329 Å². The van der Waals surface area contributed by atoms with Gasteiger partial charge in [0.1, 0.15) is 0 Å². The molecule has 2 aromatic rings. The summed E-state index contributed by atoms with van der Waals surface area (Å²) >= 11 is 7.49. The highest BCUT2D eigenvalue weighted by Crippen LogP contribution is 2.48. The number of amides is 2. The normalized spacial score (nSPS) is 14.6. The zero-order chi connectivity index (χ0) is 51.4. The molecular formula is C66H108Br2N2O2. The van der Waals surface area contributed by atoms with Crippen LogP contribution in [0.5, 0.6) is 0 Å². The summed E-state index contributed by atoms with van der Waals surface area (Å²) in [6.45, 7) is 10.6. The molecule has 4 nitrogen and oxygen atoms in total. The Balaban J connectivity index is 1.38. The predicted molar refractivity (Wildman–Crippen MR) is 323 cm³/mol. The quantitative estimate of drug-likeness (QED) is 0.0490. The molecule has 0 bridgehead atoms. The minimum Gasteiger partial charge on any atom is -0.308 e. The zero-order valence-corrected chi connectivity index (χ0v) is 50.4. The van der Waals surface area contributed by atoms with Gasteiger partial charge in [0.05, 0.1) is 22.5 Å². The molecule has 408 valence electrons. The summed E-state index contributed by atoms with van der Waals surface area (Å²) in [5, 5.41) is 0. The van der Waals surface area contributed by atoms with Gasteiger partial charge in [0, 0.05) is 33.2 Å². The number of hydrogen-bond donors (Lipinski definition) is 0. The number of rotatable bonds is 46. The number of fused-ring (bicyclic) bond motifs is 2. The van der Waals surface area contributed by atoms with Crippen molar-refractivity contribution in [3.63, 3.8) is 0 Å². The third kappa shape index (κ3) is 23.5. The molecule has 0 aromatic heterocycles. The topological polar surface area (TPSA) is 40.6 Å². The fourth-order valence-electron chi connectivity index (χ4n) is 12.1. The van der Waals surface area contributed by atoms with Crippen molar-refractivity contribution < 1.29 is 9.59 Å². The lowest BCUT2D eigenvalue weighted by atomic mass is 9.89. The summed E-state index contributed by atoms with van der Waals surface area (Å²) in [6.07, 6.45) is 56.3. The highest BCUT2D eigenvalue weighted by Gasteiger charge is 2.42. The Morgan fingerprint density at radius 1 is 0.333 bits per heavy atom. The summed E-state index contributed by atoms with van der Waals surface area (Å²) in [5.74, 6) is 1.54. The van der Waals surface area contributed by atoms with Crippen LogP contribution in [0.15, 0.2) is 45.3 Å². The number of anilines is 2. The van der Waals surface area contributed by atoms with Crippen molar-refractivity contribution in [2.24, 2.45) is 11.8 Å². The SMILES string of the molecule is CCCCCCCCCCC(CCCCCCCCCC)CCCCN1C(=O)/C(=C2/C(=O)N(CCCCC(CCCCCCCCCC)CCCCCCCCCC)c3cc(Br)ccc32)c2ccc(Br)cc21. The molecule has 0 fully saturated rings. The number of unbranched alkanes of at least 4 members (excludes halogenated alkanes) is 30. The van der Waals surface area contributed by atoms with Crippen molar-refractivity contribution in [1.82, 2.24) is 0 Å². The van der Waals surface area contributed by atoms with Crippen molar-refractivity contribution >= 4 is 66.2 Å². The van der Waals surface area contributed by atoms with Crippen LogP contribution < -0.4 is 9.80 Å². The van der Waals surface area contributed by atoms with E-state index in [2.05, 4.69) is 83.8 Å².